The lowest BCUT2D eigenvalue weighted by Crippen LogP contribution is -2.28. The minimum atomic E-state index is -0.152. The summed E-state index contributed by atoms with van der Waals surface area (Å²) in [5.74, 6) is 7.04. The quantitative estimate of drug-likeness (QED) is 0.637. The van der Waals surface area contributed by atoms with E-state index in [0.717, 1.165) is 49.8 Å². The van der Waals surface area contributed by atoms with Crippen molar-refractivity contribution in [2.24, 2.45) is 5.92 Å². The molecule has 3 aliphatic rings. The zero-order valence-electron chi connectivity index (χ0n) is 13.7. The maximum atomic E-state index is 9.66. The molecule has 1 aromatic rings. The van der Waals surface area contributed by atoms with Gasteiger partial charge in [-0.1, -0.05) is 23.4 Å². The molecule has 3 heterocycles. The summed E-state index contributed by atoms with van der Waals surface area (Å²) >= 11 is 6.08. The third kappa shape index (κ3) is 3.54. The van der Waals surface area contributed by atoms with Gasteiger partial charge < -0.3 is 15.2 Å². The van der Waals surface area contributed by atoms with Gasteiger partial charge in [0.05, 0.1) is 29.6 Å². The Hall–Kier alpha value is -1.28. The van der Waals surface area contributed by atoms with Gasteiger partial charge in [-0.15, -0.1) is 0 Å². The van der Waals surface area contributed by atoms with Gasteiger partial charge in [-0.05, 0) is 51.0 Å². The van der Waals surface area contributed by atoms with Crippen LogP contribution >= 0.6 is 11.6 Å². The Labute approximate surface area is 148 Å². The molecule has 1 aliphatic carbocycles. The van der Waals surface area contributed by atoms with Crippen molar-refractivity contribution in [2.45, 2.75) is 69.3 Å². The summed E-state index contributed by atoms with van der Waals surface area (Å²) < 4.78 is 5.88. The summed E-state index contributed by atoms with van der Waals surface area (Å²) in [6, 6.07) is 2.21. The summed E-state index contributed by atoms with van der Waals surface area (Å²) in [6.07, 6.45) is 9.35. The molecule has 2 N–H and O–H groups in total. The molecule has 1 aromatic heterocycles. The zero-order valence-corrected chi connectivity index (χ0v) is 14.4. The molecule has 1 saturated carbocycles. The molecule has 3 atom stereocenters. The number of pyridine rings is 1. The van der Waals surface area contributed by atoms with Crippen molar-refractivity contribution in [3.8, 4) is 11.8 Å². The van der Waals surface area contributed by atoms with Gasteiger partial charge in [0.2, 0.25) is 0 Å². The van der Waals surface area contributed by atoms with Crippen molar-refractivity contribution < 1.29 is 9.84 Å². The highest BCUT2D eigenvalue weighted by Crippen LogP contribution is 2.38. The minimum Gasteiger partial charge on any atom is -0.393 e. The Morgan fingerprint density at radius 3 is 2.75 bits per heavy atom. The maximum Gasteiger partial charge on any atom is 0.131 e. The van der Waals surface area contributed by atoms with Gasteiger partial charge in [-0.2, -0.15) is 0 Å². The van der Waals surface area contributed by atoms with Crippen LogP contribution in [0.25, 0.3) is 0 Å². The van der Waals surface area contributed by atoms with Crippen molar-refractivity contribution in [3.05, 3.63) is 23.0 Å². The predicted octanol–water partition coefficient (Wildman–Crippen LogP) is 3.37. The van der Waals surface area contributed by atoms with Gasteiger partial charge in [0.25, 0.3) is 0 Å². The molecule has 4 rings (SSSR count). The molecule has 2 bridgehead atoms. The highest BCUT2D eigenvalue weighted by Gasteiger charge is 2.39. The first-order valence-electron chi connectivity index (χ1n) is 8.94. The summed E-state index contributed by atoms with van der Waals surface area (Å²) in [5.41, 5.74) is 1.85. The highest BCUT2D eigenvalue weighted by atomic mass is 35.5. The normalized spacial score (nSPS) is 34.7. The van der Waals surface area contributed by atoms with E-state index < -0.39 is 0 Å². The fourth-order valence-electron chi connectivity index (χ4n) is 4.05. The molecule has 24 heavy (non-hydrogen) atoms. The molecule has 0 amide bonds. The topological polar surface area (TPSA) is 54.4 Å². The minimum absolute atomic E-state index is 0.152. The van der Waals surface area contributed by atoms with E-state index in [1.54, 1.807) is 6.20 Å². The Morgan fingerprint density at radius 2 is 2.04 bits per heavy atom. The van der Waals surface area contributed by atoms with Gasteiger partial charge in [-0.25, -0.2) is 4.98 Å². The second-order valence-corrected chi connectivity index (χ2v) is 7.58. The van der Waals surface area contributed by atoms with E-state index in [1.807, 2.05) is 6.07 Å². The van der Waals surface area contributed by atoms with Crippen LogP contribution < -0.4 is 5.32 Å². The number of nitrogens with zero attached hydrogens (tertiary/aromatic N) is 1. The lowest BCUT2D eigenvalue weighted by Gasteiger charge is -2.27. The number of nitrogens with one attached hydrogen (secondary N) is 1. The van der Waals surface area contributed by atoms with Crippen LogP contribution in [0.2, 0.25) is 5.15 Å². The second-order valence-electron chi connectivity index (χ2n) is 7.19. The molecular formula is C19H23ClN2O2. The van der Waals surface area contributed by atoms with Crippen LogP contribution in [0, 0.1) is 17.8 Å². The van der Waals surface area contributed by atoms with Crippen LogP contribution in [-0.2, 0) is 4.74 Å². The van der Waals surface area contributed by atoms with Gasteiger partial charge in [0.1, 0.15) is 5.15 Å². The van der Waals surface area contributed by atoms with E-state index in [2.05, 4.69) is 22.1 Å². The van der Waals surface area contributed by atoms with E-state index in [4.69, 9.17) is 16.3 Å². The number of rotatable bonds is 2. The lowest BCUT2D eigenvalue weighted by molar-refractivity contribution is 0.0987. The molecule has 0 radical (unpaired) electrons. The van der Waals surface area contributed by atoms with Gasteiger partial charge >= 0.3 is 0 Å². The molecule has 3 fully saturated rings. The molecule has 0 aromatic carbocycles. The van der Waals surface area contributed by atoms with Crippen LogP contribution in [0.1, 0.15) is 50.5 Å². The first-order chi connectivity index (χ1) is 11.7. The second kappa shape index (κ2) is 6.92. The van der Waals surface area contributed by atoms with Gasteiger partial charge in [0, 0.05) is 18.2 Å². The van der Waals surface area contributed by atoms with Crippen LogP contribution in [0.4, 0.5) is 5.69 Å². The number of hydrogen-bond acceptors (Lipinski definition) is 4. The number of aliphatic hydroxyl groups excluding tert-OH is 1. The zero-order chi connectivity index (χ0) is 16.5. The Bertz CT molecular complexity index is 661. The summed E-state index contributed by atoms with van der Waals surface area (Å²) in [4.78, 5) is 4.19. The standard InChI is InChI=1S/C19H23ClN2O2/c20-19-10-17(22-14-3-5-15(23)6-4-14)13(11-21-19)2-1-12-9-16-7-8-18(12)24-16/h10-12,14-16,18,23H,3-9H2,(H,21,22)/t12?,14?,15?,16-,18-/m0/s1. The number of halogens is 1. The van der Waals surface area contributed by atoms with Crippen molar-refractivity contribution in [3.63, 3.8) is 0 Å². The van der Waals surface area contributed by atoms with Gasteiger partial charge in [-0.3, -0.25) is 0 Å². The van der Waals surface area contributed by atoms with Gasteiger partial charge in [0.15, 0.2) is 0 Å². The lowest BCUT2D eigenvalue weighted by atomic mass is 9.89. The molecule has 2 saturated heterocycles. The van der Waals surface area contributed by atoms with Crippen LogP contribution in [0.3, 0.4) is 0 Å². The molecule has 4 nitrogen and oxygen atoms in total. The largest absolute Gasteiger partial charge is 0.393 e. The first-order valence-corrected chi connectivity index (χ1v) is 9.32. The van der Waals surface area contributed by atoms with Crippen molar-refractivity contribution >= 4 is 17.3 Å². The first kappa shape index (κ1) is 16.2. The van der Waals surface area contributed by atoms with E-state index >= 15 is 0 Å². The molecule has 128 valence electrons. The molecule has 1 unspecified atom stereocenters. The van der Waals surface area contributed by atoms with Crippen LogP contribution in [0.5, 0.6) is 0 Å². The number of aliphatic hydroxyl groups is 1. The third-order valence-electron chi connectivity index (χ3n) is 5.43. The average Bonchev–Trinajstić information content (AvgIpc) is 3.19. The SMILES string of the molecule is OC1CCC(Nc2cc(Cl)ncc2C#CC2C[C@@H]3CC[C@@H]2O3)CC1. The molecule has 5 heteroatoms. The van der Waals surface area contributed by atoms with Crippen LogP contribution in [0.15, 0.2) is 12.3 Å². The number of aromatic nitrogens is 1. The fraction of sp³-hybridized carbons (Fsp3) is 0.632. The van der Waals surface area contributed by atoms with Crippen LogP contribution in [-0.4, -0.2) is 34.4 Å². The van der Waals surface area contributed by atoms with Crippen molar-refractivity contribution in [1.82, 2.24) is 4.98 Å². The predicted molar refractivity (Wildman–Crippen MR) is 94.0 cm³/mol. The smallest absolute Gasteiger partial charge is 0.131 e. The molecular weight excluding hydrogens is 324 g/mol. The summed E-state index contributed by atoms with van der Waals surface area (Å²) in [5, 5.41) is 13.7. The monoisotopic (exact) mass is 346 g/mol. The summed E-state index contributed by atoms with van der Waals surface area (Å²) in [6.45, 7) is 0. The van der Waals surface area contributed by atoms with E-state index in [0.29, 0.717) is 29.3 Å². The Morgan fingerprint density at radius 1 is 1.21 bits per heavy atom. The number of hydrogen-bond donors (Lipinski definition) is 2. The Kier molecular flexibility index (Phi) is 4.67. The van der Waals surface area contributed by atoms with E-state index in [9.17, 15) is 5.11 Å². The Balaban J connectivity index is 1.49. The van der Waals surface area contributed by atoms with Crippen molar-refractivity contribution in [1.29, 1.82) is 0 Å². The number of fused-ring (bicyclic) bond motifs is 2. The summed E-state index contributed by atoms with van der Waals surface area (Å²) in [7, 11) is 0. The molecule has 0 spiro atoms. The highest BCUT2D eigenvalue weighted by molar-refractivity contribution is 6.29. The van der Waals surface area contributed by atoms with Crippen molar-refractivity contribution in [2.75, 3.05) is 5.32 Å². The van der Waals surface area contributed by atoms with E-state index in [-0.39, 0.29) is 6.10 Å². The average molecular weight is 347 g/mol. The number of ether oxygens (including phenoxy) is 1. The maximum absolute atomic E-state index is 9.66. The fourth-order valence-corrected chi connectivity index (χ4v) is 4.21. The third-order valence-corrected chi connectivity index (χ3v) is 5.63. The van der Waals surface area contributed by atoms with E-state index in [1.165, 1.54) is 6.42 Å². The number of anilines is 1. The molecule has 2 aliphatic heterocycles.